The van der Waals surface area contributed by atoms with Crippen LogP contribution in [0.4, 0.5) is 0 Å². The average Bonchev–Trinajstić information content (AvgIpc) is 2.16. The zero-order valence-electron chi connectivity index (χ0n) is 10.6. The van der Waals surface area contributed by atoms with E-state index in [0.29, 0.717) is 24.8 Å². The summed E-state index contributed by atoms with van der Waals surface area (Å²) in [7, 11) is 1.87. The topological polar surface area (TPSA) is 46.3 Å². The summed E-state index contributed by atoms with van der Waals surface area (Å²) in [4.78, 5) is 13.6. The number of carbonyl (C=O) groups excluding carboxylic acids is 1. The molecule has 3 nitrogen and oxygen atoms in total. The molecule has 0 aromatic heterocycles. The van der Waals surface area contributed by atoms with Crippen molar-refractivity contribution in [1.29, 1.82) is 0 Å². The largest absolute Gasteiger partial charge is 0.346 e. The molecule has 1 atom stereocenters. The maximum atomic E-state index is 11.8. The van der Waals surface area contributed by atoms with E-state index in [2.05, 4.69) is 20.8 Å². The van der Waals surface area contributed by atoms with Crippen LogP contribution in [0.15, 0.2) is 0 Å². The molecule has 1 unspecified atom stereocenters. The molecule has 1 amide bonds. The quantitative estimate of drug-likeness (QED) is 0.703. The predicted octanol–water partition coefficient (Wildman–Crippen LogP) is 1.87. The summed E-state index contributed by atoms with van der Waals surface area (Å²) in [6, 6.07) is 0. The second-order valence-corrected chi connectivity index (χ2v) is 4.75. The molecular weight excluding hydrogens is 188 g/mol. The van der Waals surface area contributed by atoms with Gasteiger partial charge in [-0.2, -0.15) is 0 Å². The van der Waals surface area contributed by atoms with Gasteiger partial charge in [0, 0.05) is 20.0 Å². The van der Waals surface area contributed by atoms with Crippen LogP contribution in [0.3, 0.4) is 0 Å². The van der Waals surface area contributed by atoms with Gasteiger partial charge in [-0.05, 0) is 31.2 Å². The summed E-state index contributed by atoms with van der Waals surface area (Å²) in [5, 5.41) is 0. The third kappa shape index (κ3) is 6.50. The maximum absolute atomic E-state index is 11.8. The summed E-state index contributed by atoms with van der Waals surface area (Å²) >= 11 is 0. The minimum atomic E-state index is 0.230. The lowest BCUT2D eigenvalue weighted by Gasteiger charge is -2.21. The van der Waals surface area contributed by atoms with Crippen LogP contribution in [0.2, 0.25) is 0 Å². The number of nitrogens with zero attached hydrogens (tertiary/aromatic N) is 1. The first-order valence-electron chi connectivity index (χ1n) is 5.95. The van der Waals surface area contributed by atoms with Crippen LogP contribution in [0.25, 0.3) is 0 Å². The molecule has 0 aromatic rings. The molecule has 2 N–H and O–H groups in total. The normalized spacial score (nSPS) is 12.9. The van der Waals surface area contributed by atoms with Crippen molar-refractivity contribution >= 4 is 5.91 Å². The van der Waals surface area contributed by atoms with Crippen molar-refractivity contribution in [3.63, 3.8) is 0 Å². The fourth-order valence-corrected chi connectivity index (χ4v) is 1.79. The van der Waals surface area contributed by atoms with E-state index < -0.39 is 0 Å². The van der Waals surface area contributed by atoms with E-state index in [1.807, 2.05) is 11.9 Å². The van der Waals surface area contributed by atoms with Crippen molar-refractivity contribution in [2.24, 2.45) is 17.6 Å². The smallest absolute Gasteiger partial charge is 0.222 e. The lowest BCUT2D eigenvalue weighted by Crippen LogP contribution is -2.31. The van der Waals surface area contributed by atoms with Gasteiger partial charge in [-0.3, -0.25) is 4.79 Å². The SMILES string of the molecule is CCCN(C)C(=O)CC(CN)CC(C)C. The molecular formula is C12H26N2O. The molecule has 0 spiro atoms. The lowest BCUT2D eigenvalue weighted by atomic mass is 9.94. The van der Waals surface area contributed by atoms with Gasteiger partial charge in [0.1, 0.15) is 0 Å². The Morgan fingerprint density at radius 3 is 2.40 bits per heavy atom. The molecule has 90 valence electrons. The van der Waals surface area contributed by atoms with Gasteiger partial charge >= 0.3 is 0 Å². The highest BCUT2D eigenvalue weighted by Crippen LogP contribution is 2.15. The Hall–Kier alpha value is -0.570. The Bertz CT molecular complexity index is 180. The van der Waals surface area contributed by atoms with E-state index in [0.717, 1.165) is 19.4 Å². The van der Waals surface area contributed by atoms with E-state index in [9.17, 15) is 4.79 Å². The number of nitrogens with two attached hydrogens (primary N) is 1. The third-order valence-corrected chi connectivity index (χ3v) is 2.59. The molecule has 0 aliphatic carbocycles. The molecule has 0 fully saturated rings. The summed E-state index contributed by atoms with van der Waals surface area (Å²) < 4.78 is 0. The van der Waals surface area contributed by atoms with Gasteiger partial charge in [0.15, 0.2) is 0 Å². The van der Waals surface area contributed by atoms with E-state index in [1.165, 1.54) is 0 Å². The van der Waals surface area contributed by atoms with E-state index in [4.69, 9.17) is 5.73 Å². The number of hydrogen-bond donors (Lipinski definition) is 1. The summed E-state index contributed by atoms with van der Waals surface area (Å²) in [6.45, 7) is 7.88. The number of hydrogen-bond acceptors (Lipinski definition) is 2. The Morgan fingerprint density at radius 1 is 1.40 bits per heavy atom. The van der Waals surface area contributed by atoms with Crippen molar-refractivity contribution in [3.05, 3.63) is 0 Å². The van der Waals surface area contributed by atoms with Crippen LogP contribution in [0.1, 0.15) is 40.0 Å². The molecule has 3 heteroatoms. The van der Waals surface area contributed by atoms with Crippen LogP contribution >= 0.6 is 0 Å². The second-order valence-electron chi connectivity index (χ2n) is 4.75. The van der Waals surface area contributed by atoms with Crippen molar-refractivity contribution in [2.75, 3.05) is 20.1 Å². The Balaban J connectivity index is 4.00. The van der Waals surface area contributed by atoms with Crippen LogP contribution in [-0.4, -0.2) is 30.9 Å². The van der Waals surface area contributed by atoms with Crippen LogP contribution in [0.5, 0.6) is 0 Å². The van der Waals surface area contributed by atoms with Gasteiger partial charge < -0.3 is 10.6 Å². The number of carbonyl (C=O) groups is 1. The lowest BCUT2D eigenvalue weighted by molar-refractivity contribution is -0.130. The third-order valence-electron chi connectivity index (χ3n) is 2.59. The van der Waals surface area contributed by atoms with Gasteiger partial charge in [-0.25, -0.2) is 0 Å². The first-order valence-corrected chi connectivity index (χ1v) is 5.95. The van der Waals surface area contributed by atoms with Crippen LogP contribution in [0, 0.1) is 11.8 Å². The summed E-state index contributed by atoms with van der Waals surface area (Å²) in [5.41, 5.74) is 5.67. The Labute approximate surface area is 94.0 Å². The van der Waals surface area contributed by atoms with Gasteiger partial charge in [0.25, 0.3) is 0 Å². The predicted molar refractivity (Wildman–Crippen MR) is 64.5 cm³/mol. The number of rotatable bonds is 7. The molecule has 0 saturated heterocycles. The van der Waals surface area contributed by atoms with Crippen molar-refractivity contribution in [2.45, 2.75) is 40.0 Å². The molecule has 0 rings (SSSR count). The molecule has 0 saturated carbocycles. The Morgan fingerprint density at radius 2 is 2.00 bits per heavy atom. The molecule has 0 aliphatic heterocycles. The second kappa shape index (κ2) is 7.69. The van der Waals surface area contributed by atoms with Crippen LogP contribution < -0.4 is 5.73 Å². The van der Waals surface area contributed by atoms with Gasteiger partial charge in [-0.15, -0.1) is 0 Å². The Kier molecular flexibility index (Phi) is 7.39. The van der Waals surface area contributed by atoms with E-state index in [-0.39, 0.29) is 5.91 Å². The van der Waals surface area contributed by atoms with E-state index >= 15 is 0 Å². The highest BCUT2D eigenvalue weighted by atomic mass is 16.2. The summed E-state index contributed by atoms with van der Waals surface area (Å²) in [5.74, 6) is 1.19. The molecule has 0 bridgehead atoms. The first kappa shape index (κ1) is 14.4. The number of amides is 1. The highest BCUT2D eigenvalue weighted by molar-refractivity contribution is 5.76. The van der Waals surface area contributed by atoms with Gasteiger partial charge in [0.2, 0.25) is 5.91 Å². The fourth-order valence-electron chi connectivity index (χ4n) is 1.79. The van der Waals surface area contributed by atoms with Gasteiger partial charge in [-0.1, -0.05) is 20.8 Å². The van der Waals surface area contributed by atoms with Crippen molar-refractivity contribution < 1.29 is 4.79 Å². The minimum Gasteiger partial charge on any atom is -0.346 e. The average molecular weight is 214 g/mol. The van der Waals surface area contributed by atoms with E-state index in [1.54, 1.807) is 0 Å². The fraction of sp³-hybridized carbons (Fsp3) is 0.917. The molecule has 0 aromatic carbocycles. The van der Waals surface area contributed by atoms with Crippen molar-refractivity contribution in [1.82, 2.24) is 4.90 Å². The highest BCUT2D eigenvalue weighted by Gasteiger charge is 2.16. The molecule has 0 aliphatic rings. The van der Waals surface area contributed by atoms with Gasteiger partial charge in [0.05, 0.1) is 0 Å². The molecule has 0 heterocycles. The zero-order valence-corrected chi connectivity index (χ0v) is 10.6. The minimum absolute atomic E-state index is 0.230. The summed E-state index contributed by atoms with van der Waals surface area (Å²) in [6.07, 6.45) is 2.66. The standard InChI is InChI=1S/C12H26N2O/c1-5-6-14(4)12(15)8-11(9-13)7-10(2)3/h10-11H,5-9,13H2,1-4H3. The first-order chi connectivity index (χ1) is 7.01. The monoisotopic (exact) mass is 214 g/mol. The zero-order chi connectivity index (χ0) is 11.8. The van der Waals surface area contributed by atoms with Crippen LogP contribution in [-0.2, 0) is 4.79 Å². The molecule has 15 heavy (non-hydrogen) atoms. The van der Waals surface area contributed by atoms with Crippen molar-refractivity contribution in [3.8, 4) is 0 Å². The maximum Gasteiger partial charge on any atom is 0.222 e. The molecule has 0 radical (unpaired) electrons.